The second kappa shape index (κ2) is 10.2. The van der Waals surface area contributed by atoms with Crippen molar-refractivity contribution in [2.75, 3.05) is 11.1 Å². The number of aromatic nitrogens is 2. The maximum Gasteiger partial charge on any atom is 0.277 e. The minimum absolute atomic E-state index is 0.0939. The molecule has 3 rings (SSSR count). The molecule has 164 valence electrons. The Bertz CT molecular complexity index is 1070. The number of rotatable bonds is 8. The highest BCUT2D eigenvalue weighted by Gasteiger charge is 2.15. The van der Waals surface area contributed by atoms with Gasteiger partial charge in [0.1, 0.15) is 11.6 Å². The fourth-order valence-corrected chi connectivity index (χ4v) is 3.79. The van der Waals surface area contributed by atoms with E-state index in [0.717, 1.165) is 34.7 Å². The van der Waals surface area contributed by atoms with Gasteiger partial charge in [-0.1, -0.05) is 37.7 Å². The van der Waals surface area contributed by atoms with Crippen LogP contribution in [0.1, 0.15) is 36.8 Å². The van der Waals surface area contributed by atoms with Crippen LogP contribution < -0.4 is 10.1 Å². The van der Waals surface area contributed by atoms with Crippen LogP contribution >= 0.6 is 27.7 Å². The van der Waals surface area contributed by atoms with Gasteiger partial charge in [-0.25, -0.2) is 8.78 Å². The lowest BCUT2D eigenvalue weighted by molar-refractivity contribution is -0.113. The number of benzene rings is 2. The predicted octanol–water partition coefficient (Wildman–Crippen LogP) is 5.85. The number of anilines is 1. The van der Waals surface area contributed by atoms with Gasteiger partial charge in [-0.05, 0) is 52.0 Å². The Morgan fingerprint density at radius 3 is 2.74 bits per heavy atom. The molecule has 0 radical (unpaired) electrons. The maximum absolute atomic E-state index is 13.8. The first-order valence-corrected chi connectivity index (χ1v) is 11.1. The molecule has 1 heterocycles. The second-order valence-corrected chi connectivity index (χ2v) is 8.81. The number of aryl methyl sites for hydroxylation is 1. The van der Waals surface area contributed by atoms with Crippen LogP contribution in [0.5, 0.6) is 5.75 Å². The summed E-state index contributed by atoms with van der Waals surface area (Å²) < 4.78 is 38.4. The number of nitrogens with zero attached hydrogens (tertiary/aromatic N) is 2. The third kappa shape index (κ3) is 6.27. The Balaban J connectivity index is 1.55. The standard InChI is InChI=1S/C21H20BrF2N3O3S/c1-11(2)14-5-4-12(3)6-17(14)29-9-19-26-27-21(30-19)31-10-18(28)25-20-15(22)7-13(23)8-16(20)24/h4-8,11H,9-10H2,1-3H3,(H,25,28). The summed E-state index contributed by atoms with van der Waals surface area (Å²) in [6.07, 6.45) is 0. The van der Waals surface area contributed by atoms with Crippen LogP contribution in [0, 0.1) is 18.6 Å². The largest absolute Gasteiger partial charge is 0.484 e. The molecule has 2 aromatic carbocycles. The Kier molecular flexibility index (Phi) is 7.66. The molecule has 6 nitrogen and oxygen atoms in total. The zero-order valence-electron chi connectivity index (χ0n) is 17.0. The number of hydrogen-bond acceptors (Lipinski definition) is 6. The molecule has 0 saturated carbocycles. The van der Waals surface area contributed by atoms with Crippen molar-refractivity contribution in [1.82, 2.24) is 10.2 Å². The summed E-state index contributed by atoms with van der Waals surface area (Å²) in [7, 11) is 0. The van der Waals surface area contributed by atoms with Crippen molar-refractivity contribution in [3.05, 3.63) is 63.5 Å². The van der Waals surface area contributed by atoms with Crippen molar-refractivity contribution in [3.8, 4) is 5.75 Å². The molecule has 0 aliphatic rings. The van der Waals surface area contributed by atoms with Gasteiger partial charge in [-0.15, -0.1) is 10.2 Å². The molecule has 3 aromatic rings. The topological polar surface area (TPSA) is 77.2 Å². The van der Waals surface area contributed by atoms with Crippen molar-refractivity contribution in [2.45, 2.75) is 38.5 Å². The average molecular weight is 512 g/mol. The van der Waals surface area contributed by atoms with Crippen LogP contribution in [0.2, 0.25) is 0 Å². The molecule has 0 spiro atoms. The summed E-state index contributed by atoms with van der Waals surface area (Å²) in [5.74, 6) is -0.897. The third-order valence-corrected chi connectivity index (χ3v) is 5.63. The summed E-state index contributed by atoms with van der Waals surface area (Å²) in [5.41, 5.74) is 2.03. The number of carbonyl (C=O) groups is 1. The van der Waals surface area contributed by atoms with Gasteiger partial charge >= 0.3 is 0 Å². The number of thioether (sulfide) groups is 1. The van der Waals surface area contributed by atoms with Gasteiger partial charge in [-0.3, -0.25) is 4.79 Å². The summed E-state index contributed by atoms with van der Waals surface area (Å²) in [6, 6.07) is 7.78. The monoisotopic (exact) mass is 511 g/mol. The van der Waals surface area contributed by atoms with Gasteiger partial charge in [0.15, 0.2) is 12.4 Å². The fourth-order valence-electron chi connectivity index (χ4n) is 2.70. The maximum atomic E-state index is 13.8. The van der Waals surface area contributed by atoms with E-state index in [1.807, 2.05) is 25.1 Å². The number of amides is 1. The van der Waals surface area contributed by atoms with Gasteiger partial charge in [0, 0.05) is 10.5 Å². The van der Waals surface area contributed by atoms with Crippen molar-refractivity contribution in [1.29, 1.82) is 0 Å². The number of halogens is 3. The number of carbonyl (C=O) groups excluding carboxylic acids is 1. The molecule has 0 fully saturated rings. The summed E-state index contributed by atoms with van der Waals surface area (Å²) in [4.78, 5) is 12.1. The summed E-state index contributed by atoms with van der Waals surface area (Å²) >= 11 is 4.02. The van der Waals surface area contributed by atoms with E-state index in [-0.39, 0.29) is 33.6 Å². The van der Waals surface area contributed by atoms with E-state index >= 15 is 0 Å². The van der Waals surface area contributed by atoms with E-state index in [1.54, 1.807) is 0 Å². The zero-order chi connectivity index (χ0) is 22.5. The Hall–Kier alpha value is -2.46. The molecule has 31 heavy (non-hydrogen) atoms. The lowest BCUT2D eigenvalue weighted by atomic mass is 10.0. The minimum atomic E-state index is -0.876. The lowest BCUT2D eigenvalue weighted by Crippen LogP contribution is -2.15. The Morgan fingerprint density at radius 1 is 1.26 bits per heavy atom. The molecule has 0 bridgehead atoms. The van der Waals surface area contributed by atoms with Crippen molar-refractivity contribution in [3.63, 3.8) is 0 Å². The molecule has 10 heteroatoms. The minimum Gasteiger partial charge on any atom is -0.484 e. The zero-order valence-corrected chi connectivity index (χ0v) is 19.4. The number of nitrogens with one attached hydrogen (secondary N) is 1. The molecule has 0 aliphatic carbocycles. The Labute approximate surface area is 190 Å². The first-order chi connectivity index (χ1) is 14.7. The SMILES string of the molecule is Cc1ccc(C(C)C)c(OCc2nnc(SCC(=O)Nc3c(F)cc(F)cc3Br)o2)c1. The van der Waals surface area contributed by atoms with Gasteiger partial charge in [-0.2, -0.15) is 0 Å². The molecular weight excluding hydrogens is 492 g/mol. The Morgan fingerprint density at radius 2 is 2.03 bits per heavy atom. The van der Waals surface area contributed by atoms with Gasteiger partial charge in [0.2, 0.25) is 5.91 Å². The van der Waals surface area contributed by atoms with Gasteiger partial charge < -0.3 is 14.5 Å². The van der Waals surface area contributed by atoms with E-state index in [2.05, 4.69) is 45.3 Å². The average Bonchev–Trinajstić information content (AvgIpc) is 3.15. The quantitative estimate of drug-likeness (QED) is 0.382. The predicted molar refractivity (Wildman–Crippen MR) is 117 cm³/mol. The van der Waals surface area contributed by atoms with Gasteiger partial charge in [0.05, 0.1) is 11.4 Å². The van der Waals surface area contributed by atoms with E-state index in [0.29, 0.717) is 12.0 Å². The first kappa shape index (κ1) is 23.2. The molecule has 0 aliphatic heterocycles. The summed E-state index contributed by atoms with van der Waals surface area (Å²) in [6.45, 7) is 6.25. The van der Waals surface area contributed by atoms with Crippen LogP contribution in [0.25, 0.3) is 0 Å². The van der Waals surface area contributed by atoms with Crippen LogP contribution in [-0.2, 0) is 11.4 Å². The molecule has 1 amide bonds. The third-order valence-electron chi connectivity index (χ3n) is 4.19. The first-order valence-electron chi connectivity index (χ1n) is 9.36. The van der Waals surface area contributed by atoms with Gasteiger partial charge in [0.25, 0.3) is 11.1 Å². The van der Waals surface area contributed by atoms with E-state index < -0.39 is 17.5 Å². The van der Waals surface area contributed by atoms with Crippen molar-refractivity contribution >= 4 is 39.3 Å². The fraction of sp³-hybridized carbons (Fsp3) is 0.286. The van der Waals surface area contributed by atoms with Crippen LogP contribution in [0.3, 0.4) is 0 Å². The normalized spacial score (nSPS) is 11.1. The smallest absolute Gasteiger partial charge is 0.277 e. The van der Waals surface area contributed by atoms with Crippen LogP contribution in [-0.4, -0.2) is 21.9 Å². The van der Waals surface area contributed by atoms with Crippen molar-refractivity contribution < 1.29 is 22.7 Å². The highest BCUT2D eigenvalue weighted by molar-refractivity contribution is 9.10. The molecule has 1 aromatic heterocycles. The van der Waals surface area contributed by atoms with Crippen LogP contribution in [0.4, 0.5) is 14.5 Å². The second-order valence-electron chi connectivity index (χ2n) is 7.03. The van der Waals surface area contributed by atoms with Crippen LogP contribution in [0.15, 0.2) is 44.4 Å². The molecule has 0 saturated heterocycles. The van der Waals surface area contributed by atoms with E-state index in [9.17, 15) is 13.6 Å². The highest BCUT2D eigenvalue weighted by Crippen LogP contribution is 2.29. The molecule has 1 N–H and O–H groups in total. The van der Waals surface area contributed by atoms with E-state index in [4.69, 9.17) is 9.15 Å². The summed E-state index contributed by atoms with van der Waals surface area (Å²) in [5, 5.41) is 10.4. The molecular formula is C21H20BrF2N3O3S. The number of ether oxygens (including phenoxy) is 1. The highest BCUT2D eigenvalue weighted by atomic mass is 79.9. The van der Waals surface area contributed by atoms with E-state index in [1.165, 1.54) is 0 Å². The lowest BCUT2D eigenvalue weighted by Gasteiger charge is -2.13. The molecule has 0 unspecified atom stereocenters. The number of hydrogen-bond donors (Lipinski definition) is 1. The van der Waals surface area contributed by atoms with Crippen molar-refractivity contribution in [2.24, 2.45) is 0 Å². The molecule has 0 atom stereocenters.